The molecule has 1 aliphatic rings. The Balaban J connectivity index is 2.44. The van der Waals surface area contributed by atoms with Crippen molar-refractivity contribution >= 4 is 5.97 Å². The molecule has 3 heteroatoms. The number of carbonyl (C=O) groups is 1. The van der Waals surface area contributed by atoms with Gasteiger partial charge in [-0.3, -0.25) is 4.79 Å². The van der Waals surface area contributed by atoms with E-state index in [9.17, 15) is 4.79 Å². The van der Waals surface area contributed by atoms with E-state index < -0.39 is 5.97 Å². The highest BCUT2D eigenvalue weighted by atomic mass is 16.5. The van der Waals surface area contributed by atoms with Crippen molar-refractivity contribution in [1.29, 1.82) is 0 Å². The van der Waals surface area contributed by atoms with Gasteiger partial charge in [0.05, 0.1) is 12.2 Å². The zero-order valence-corrected chi connectivity index (χ0v) is 8.49. The maximum absolute atomic E-state index is 10.4. The second-order valence-electron chi connectivity index (χ2n) is 4.00. The molecule has 0 saturated carbocycles. The van der Waals surface area contributed by atoms with Crippen molar-refractivity contribution < 1.29 is 14.6 Å². The van der Waals surface area contributed by atoms with Crippen LogP contribution >= 0.6 is 0 Å². The molecule has 0 bridgehead atoms. The van der Waals surface area contributed by atoms with Gasteiger partial charge in [0.15, 0.2) is 0 Å². The molecule has 4 atom stereocenters. The molecule has 0 aromatic heterocycles. The monoisotopic (exact) mass is 186 g/mol. The van der Waals surface area contributed by atoms with Crippen LogP contribution in [0, 0.1) is 11.8 Å². The van der Waals surface area contributed by atoms with Crippen LogP contribution in [0.4, 0.5) is 0 Å². The maximum Gasteiger partial charge on any atom is 0.303 e. The minimum atomic E-state index is -0.709. The lowest BCUT2D eigenvalue weighted by Gasteiger charge is -2.16. The third kappa shape index (κ3) is 2.44. The third-order valence-electron chi connectivity index (χ3n) is 3.14. The van der Waals surface area contributed by atoms with E-state index in [1.54, 1.807) is 0 Å². The Kier molecular flexibility index (Phi) is 3.31. The third-order valence-corrected chi connectivity index (χ3v) is 3.14. The first-order valence-corrected chi connectivity index (χ1v) is 4.89. The number of hydrogen-bond acceptors (Lipinski definition) is 2. The summed E-state index contributed by atoms with van der Waals surface area (Å²) in [6.07, 6.45) is 1.48. The average molecular weight is 186 g/mol. The highest BCUT2D eigenvalue weighted by Crippen LogP contribution is 2.34. The standard InChI is InChI=1S/C10H18O3/c1-6-7(2)13-8(3)9(6)4-5-10(11)12/h6-9H,4-5H2,1-3H3,(H,11,12). The van der Waals surface area contributed by atoms with E-state index in [2.05, 4.69) is 13.8 Å². The number of ether oxygens (including phenoxy) is 1. The lowest BCUT2D eigenvalue weighted by molar-refractivity contribution is -0.137. The minimum absolute atomic E-state index is 0.212. The van der Waals surface area contributed by atoms with Gasteiger partial charge in [0, 0.05) is 6.42 Å². The lowest BCUT2D eigenvalue weighted by atomic mass is 9.86. The van der Waals surface area contributed by atoms with Crippen molar-refractivity contribution in [2.45, 2.75) is 45.8 Å². The summed E-state index contributed by atoms with van der Waals surface area (Å²) in [7, 11) is 0. The van der Waals surface area contributed by atoms with Gasteiger partial charge in [-0.25, -0.2) is 0 Å². The predicted molar refractivity (Wildman–Crippen MR) is 49.5 cm³/mol. The molecule has 1 saturated heterocycles. The van der Waals surface area contributed by atoms with Gasteiger partial charge in [-0.05, 0) is 32.1 Å². The molecule has 0 amide bonds. The molecule has 4 unspecified atom stereocenters. The van der Waals surface area contributed by atoms with Crippen molar-refractivity contribution in [3.63, 3.8) is 0 Å². The molecule has 13 heavy (non-hydrogen) atoms. The molecule has 1 heterocycles. The van der Waals surface area contributed by atoms with Gasteiger partial charge in [-0.2, -0.15) is 0 Å². The number of rotatable bonds is 3. The van der Waals surface area contributed by atoms with E-state index in [1.165, 1.54) is 0 Å². The summed E-state index contributed by atoms with van der Waals surface area (Å²) in [6.45, 7) is 6.23. The Morgan fingerprint density at radius 1 is 1.31 bits per heavy atom. The van der Waals surface area contributed by atoms with Crippen LogP contribution in [0.2, 0.25) is 0 Å². The largest absolute Gasteiger partial charge is 0.481 e. The van der Waals surface area contributed by atoms with Gasteiger partial charge >= 0.3 is 5.97 Å². The van der Waals surface area contributed by atoms with Crippen LogP contribution in [-0.2, 0) is 9.53 Å². The van der Waals surface area contributed by atoms with Crippen LogP contribution in [0.1, 0.15) is 33.6 Å². The fourth-order valence-corrected chi connectivity index (χ4v) is 2.13. The van der Waals surface area contributed by atoms with Crippen LogP contribution < -0.4 is 0 Å². The Morgan fingerprint density at radius 2 is 1.92 bits per heavy atom. The van der Waals surface area contributed by atoms with Crippen LogP contribution in [0.3, 0.4) is 0 Å². The molecule has 0 spiro atoms. The van der Waals surface area contributed by atoms with Gasteiger partial charge in [-0.1, -0.05) is 6.92 Å². The first-order chi connectivity index (χ1) is 6.02. The Bertz CT molecular complexity index is 191. The number of carboxylic acids is 1. The molecule has 1 rings (SSSR count). The highest BCUT2D eigenvalue weighted by Gasteiger charge is 2.36. The first-order valence-electron chi connectivity index (χ1n) is 4.89. The molecule has 76 valence electrons. The topological polar surface area (TPSA) is 46.5 Å². The van der Waals surface area contributed by atoms with Gasteiger partial charge in [0.25, 0.3) is 0 Å². The van der Waals surface area contributed by atoms with Crippen molar-refractivity contribution in [2.24, 2.45) is 11.8 Å². The fourth-order valence-electron chi connectivity index (χ4n) is 2.13. The molecule has 0 aliphatic carbocycles. The second-order valence-corrected chi connectivity index (χ2v) is 4.00. The molecular weight excluding hydrogens is 168 g/mol. The summed E-state index contributed by atoms with van der Waals surface area (Å²) in [5.41, 5.74) is 0. The maximum atomic E-state index is 10.4. The van der Waals surface area contributed by atoms with E-state index in [0.29, 0.717) is 11.8 Å². The molecule has 0 aromatic carbocycles. The van der Waals surface area contributed by atoms with Crippen molar-refractivity contribution in [2.75, 3.05) is 0 Å². The van der Waals surface area contributed by atoms with Gasteiger partial charge < -0.3 is 9.84 Å². The van der Waals surface area contributed by atoms with Crippen molar-refractivity contribution in [3.8, 4) is 0 Å². The lowest BCUT2D eigenvalue weighted by Crippen LogP contribution is -2.18. The highest BCUT2D eigenvalue weighted by molar-refractivity contribution is 5.66. The predicted octanol–water partition coefficient (Wildman–Crippen LogP) is 1.91. The smallest absolute Gasteiger partial charge is 0.303 e. The van der Waals surface area contributed by atoms with Gasteiger partial charge in [-0.15, -0.1) is 0 Å². The number of hydrogen-bond donors (Lipinski definition) is 1. The summed E-state index contributed by atoms with van der Waals surface area (Å²) in [4.78, 5) is 10.4. The molecule has 3 nitrogen and oxygen atoms in total. The normalized spacial score (nSPS) is 39.3. The van der Waals surface area contributed by atoms with E-state index in [1.807, 2.05) is 6.92 Å². The molecule has 0 aromatic rings. The zero-order chi connectivity index (χ0) is 10.0. The van der Waals surface area contributed by atoms with Crippen LogP contribution in [0.25, 0.3) is 0 Å². The Labute approximate surface area is 79.1 Å². The number of aliphatic carboxylic acids is 1. The van der Waals surface area contributed by atoms with E-state index in [-0.39, 0.29) is 18.6 Å². The fraction of sp³-hybridized carbons (Fsp3) is 0.900. The van der Waals surface area contributed by atoms with Crippen LogP contribution in [0.15, 0.2) is 0 Å². The van der Waals surface area contributed by atoms with E-state index in [4.69, 9.17) is 9.84 Å². The molecular formula is C10H18O3. The van der Waals surface area contributed by atoms with E-state index >= 15 is 0 Å². The summed E-state index contributed by atoms with van der Waals surface area (Å²) >= 11 is 0. The first kappa shape index (κ1) is 10.5. The molecule has 0 radical (unpaired) electrons. The summed E-state index contributed by atoms with van der Waals surface area (Å²) in [5.74, 6) is 0.180. The quantitative estimate of drug-likeness (QED) is 0.732. The minimum Gasteiger partial charge on any atom is -0.481 e. The van der Waals surface area contributed by atoms with E-state index in [0.717, 1.165) is 6.42 Å². The Hall–Kier alpha value is -0.570. The average Bonchev–Trinajstić information content (AvgIpc) is 2.24. The van der Waals surface area contributed by atoms with Crippen molar-refractivity contribution in [3.05, 3.63) is 0 Å². The van der Waals surface area contributed by atoms with Crippen molar-refractivity contribution in [1.82, 2.24) is 0 Å². The SMILES string of the molecule is CC1OC(C)C(CCC(=O)O)C1C. The zero-order valence-electron chi connectivity index (χ0n) is 8.49. The summed E-state index contributed by atoms with van der Waals surface area (Å²) < 4.78 is 5.63. The number of carboxylic acid groups (broad SMARTS) is 1. The Morgan fingerprint density at radius 3 is 2.31 bits per heavy atom. The van der Waals surface area contributed by atoms with Gasteiger partial charge in [0.1, 0.15) is 0 Å². The summed E-state index contributed by atoms with van der Waals surface area (Å²) in [6, 6.07) is 0. The van der Waals surface area contributed by atoms with Crippen LogP contribution in [-0.4, -0.2) is 23.3 Å². The summed E-state index contributed by atoms with van der Waals surface area (Å²) in [5, 5.41) is 8.57. The second kappa shape index (κ2) is 4.09. The van der Waals surface area contributed by atoms with Gasteiger partial charge in [0.2, 0.25) is 0 Å². The molecule has 1 aliphatic heterocycles. The molecule has 1 fully saturated rings. The molecule has 1 N–H and O–H groups in total. The van der Waals surface area contributed by atoms with Crippen LogP contribution in [0.5, 0.6) is 0 Å².